The lowest BCUT2D eigenvalue weighted by Gasteiger charge is -2.18. The maximum absolute atomic E-state index is 5.30. The lowest BCUT2D eigenvalue weighted by atomic mass is 10.4. The highest BCUT2D eigenvalue weighted by Crippen LogP contribution is 2.03. The van der Waals surface area contributed by atoms with Gasteiger partial charge in [0.05, 0.1) is 11.9 Å². The van der Waals surface area contributed by atoms with E-state index in [1.807, 2.05) is 22.9 Å². The lowest BCUT2D eigenvalue weighted by molar-refractivity contribution is 0.479. The molecule has 0 saturated carbocycles. The van der Waals surface area contributed by atoms with Crippen LogP contribution in [-0.4, -0.2) is 11.2 Å². The predicted molar refractivity (Wildman–Crippen MR) is 48.9 cm³/mol. The summed E-state index contributed by atoms with van der Waals surface area (Å²) < 4.78 is 2.88. The molecule has 0 saturated heterocycles. The normalized spacial score (nSPS) is 20.5. The monoisotopic (exact) mass is 250 g/mol. The van der Waals surface area contributed by atoms with Gasteiger partial charge in [-0.1, -0.05) is 0 Å². The highest BCUT2D eigenvalue weighted by molar-refractivity contribution is 14.1. The van der Waals surface area contributed by atoms with Crippen LogP contribution in [0.3, 0.4) is 0 Å². The van der Waals surface area contributed by atoms with E-state index >= 15 is 0 Å². The fourth-order valence-corrected chi connectivity index (χ4v) is 1.01. The van der Waals surface area contributed by atoms with Crippen LogP contribution in [0.2, 0.25) is 0 Å². The number of nitrogens with zero attached hydrogens (tertiary/aromatic N) is 2. The summed E-state index contributed by atoms with van der Waals surface area (Å²) in [6.07, 6.45) is 6.62. The zero-order valence-corrected chi connectivity index (χ0v) is 7.32. The van der Waals surface area contributed by atoms with Crippen LogP contribution in [0.4, 0.5) is 0 Å². The van der Waals surface area contributed by atoms with Crippen LogP contribution in [-0.2, 0) is 0 Å². The Morgan fingerprint density at radius 1 is 1.80 bits per heavy atom. The topological polar surface area (TPSA) is 53.6 Å². The minimum atomic E-state index is 0.830. The molecule has 1 heterocycles. The van der Waals surface area contributed by atoms with Gasteiger partial charge < -0.3 is 5.73 Å². The van der Waals surface area contributed by atoms with Crippen molar-refractivity contribution in [1.29, 1.82) is 0 Å². The molecular formula is C5H7IN4. The molecule has 4 nitrogen and oxygen atoms in total. The van der Waals surface area contributed by atoms with Crippen molar-refractivity contribution in [2.75, 3.05) is 0 Å². The standard InChI is InChI=1S/C5H7IN4/c6-9-10-2-1-8-4-5(10)3-7/h1-4,9H,7H2/b5-3-. The van der Waals surface area contributed by atoms with Gasteiger partial charge in [0.1, 0.15) is 0 Å². The second-order valence-electron chi connectivity index (χ2n) is 1.62. The SMILES string of the molecule is N/C=C1/C=NC=CN1NI. The van der Waals surface area contributed by atoms with Crippen molar-refractivity contribution in [2.24, 2.45) is 10.7 Å². The average molecular weight is 250 g/mol. The fourth-order valence-electron chi connectivity index (χ4n) is 0.573. The van der Waals surface area contributed by atoms with Crippen molar-refractivity contribution in [3.8, 4) is 0 Å². The van der Waals surface area contributed by atoms with Crippen molar-refractivity contribution < 1.29 is 0 Å². The number of rotatable bonds is 1. The van der Waals surface area contributed by atoms with E-state index in [9.17, 15) is 0 Å². The minimum Gasteiger partial charge on any atom is -0.403 e. The Labute approximate surface area is 72.9 Å². The van der Waals surface area contributed by atoms with Crippen LogP contribution in [0.5, 0.6) is 0 Å². The minimum absolute atomic E-state index is 0.830. The number of nitrogens with one attached hydrogen (secondary N) is 1. The van der Waals surface area contributed by atoms with E-state index < -0.39 is 0 Å². The summed E-state index contributed by atoms with van der Waals surface area (Å²) in [5.41, 5.74) is 6.13. The number of nitrogens with two attached hydrogens (primary N) is 1. The first-order valence-electron chi connectivity index (χ1n) is 2.65. The average Bonchev–Trinajstić information content (AvgIpc) is 2.04. The van der Waals surface area contributed by atoms with Gasteiger partial charge in [0.2, 0.25) is 0 Å². The van der Waals surface area contributed by atoms with E-state index in [-0.39, 0.29) is 0 Å². The molecule has 1 rings (SSSR count). The number of halogens is 1. The summed E-state index contributed by atoms with van der Waals surface area (Å²) in [7, 11) is 0. The summed E-state index contributed by atoms with van der Waals surface area (Å²) in [6, 6.07) is 0. The molecule has 1 aliphatic rings. The highest BCUT2D eigenvalue weighted by Gasteiger charge is 2.03. The van der Waals surface area contributed by atoms with E-state index in [0.717, 1.165) is 5.70 Å². The largest absolute Gasteiger partial charge is 0.403 e. The maximum atomic E-state index is 5.30. The third-order valence-corrected chi connectivity index (χ3v) is 1.57. The molecule has 0 bridgehead atoms. The Morgan fingerprint density at radius 3 is 3.10 bits per heavy atom. The summed E-state index contributed by atoms with van der Waals surface area (Å²) in [5.74, 6) is 0. The summed E-state index contributed by atoms with van der Waals surface area (Å²) in [6.45, 7) is 0. The van der Waals surface area contributed by atoms with E-state index in [1.54, 1.807) is 23.6 Å². The van der Waals surface area contributed by atoms with Crippen molar-refractivity contribution >= 4 is 29.1 Å². The van der Waals surface area contributed by atoms with Gasteiger partial charge in [-0.15, -0.1) is 0 Å². The summed E-state index contributed by atoms with van der Waals surface area (Å²) in [4.78, 5) is 3.89. The Bertz CT molecular complexity index is 196. The second kappa shape index (κ2) is 3.57. The molecule has 54 valence electrons. The van der Waals surface area contributed by atoms with Crippen LogP contribution in [0.25, 0.3) is 0 Å². The molecule has 0 amide bonds. The molecule has 0 spiro atoms. The van der Waals surface area contributed by atoms with Gasteiger partial charge >= 0.3 is 0 Å². The third kappa shape index (κ3) is 1.48. The van der Waals surface area contributed by atoms with Crippen LogP contribution >= 0.6 is 22.9 Å². The van der Waals surface area contributed by atoms with Crippen LogP contribution < -0.4 is 9.37 Å². The quantitative estimate of drug-likeness (QED) is 0.526. The van der Waals surface area contributed by atoms with E-state index in [1.165, 1.54) is 6.20 Å². The number of allylic oxidation sites excluding steroid dienone is 1. The fraction of sp³-hybridized carbons (Fsp3) is 0. The zero-order valence-electron chi connectivity index (χ0n) is 5.16. The first-order valence-corrected chi connectivity index (χ1v) is 3.73. The van der Waals surface area contributed by atoms with Crippen molar-refractivity contribution in [2.45, 2.75) is 0 Å². The van der Waals surface area contributed by atoms with Gasteiger partial charge in [0, 0.05) is 41.5 Å². The molecule has 0 fully saturated rings. The van der Waals surface area contributed by atoms with Gasteiger partial charge in [0.15, 0.2) is 0 Å². The van der Waals surface area contributed by atoms with E-state index in [0.29, 0.717) is 0 Å². The van der Waals surface area contributed by atoms with Crippen LogP contribution in [0.15, 0.2) is 29.3 Å². The van der Waals surface area contributed by atoms with Gasteiger partial charge in [-0.3, -0.25) is 10.0 Å². The third-order valence-electron chi connectivity index (χ3n) is 1.05. The van der Waals surface area contributed by atoms with Gasteiger partial charge in [0.25, 0.3) is 0 Å². The van der Waals surface area contributed by atoms with Crippen molar-refractivity contribution in [3.05, 3.63) is 24.3 Å². The first kappa shape index (κ1) is 7.55. The molecular weight excluding hydrogens is 243 g/mol. The zero-order chi connectivity index (χ0) is 7.40. The van der Waals surface area contributed by atoms with E-state index in [2.05, 4.69) is 8.63 Å². The Morgan fingerprint density at radius 2 is 2.60 bits per heavy atom. The molecule has 3 N–H and O–H groups in total. The van der Waals surface area contributed by atoms with Gasteiger partial charge in [-0.2, -0.15) is 3.64 Å². The van der Waals surface area contributed by atoms with Crippen LogP contribution in [0.1, 0.15) is 0 Å². The number of hydrazine groups is 1. The molecule has 0 aromatic rings. The molecule has 1 aliphatic heterocycles. The molecule has 0 aromatic carbocycles. The van der Waals surface area contributed by atoms with Gasteiger partial charge in [-0.25, -0.2) is 0 Å². The second-order valence-corrected chi connectivity index (χ2v) is 2.10. The Balaban J connectivity index is 2.74. The number of hydrogen-bond acceptors (Lipinski definition) is 4. The molecule has 0 atom stereocenters. The molecule has 0 radical (unpaired) electrons. The van der Waals surface area contributed by atoms with Crippen molar-refractivity contribution in [1.82, 2.24) is 8.65 Å². The number of aliphatic imine (C=N–C) groups is 1. The van der Waals surface area contributed by atoms with E-state index in [4.69, 9.17) is 5.73 Å². The molecule has 5 heteroatoms. The molecule has 0 unspecified atom stereocenters. The maximum Gasteiger partial charge on any atom is 0.0916 e. The van der Waals surface area contributed by atoms with Gasteiger partial charge in [-0.05, 0) is 0 Å². The molecule has 0 aliphatic carbocycles. The highest BCUT2D eigenvalue weighted by atomic mass is 127. The Kier molecular flexibility index (Phi) is 2.69. The Hall–Kier alpha value is -0.560. The first-order chi connectivity index (χ1) is 4.88. The van der Waals surface area contributed by atoms with Crippen LogP contribution in [0, 0.1) is 0 Å². The van der Waals surface area contributed by atoms with Crippen molar-refractivity contribution in [3.63, 3.8) is 0 Å². The number of hydrogen-bond donors (Lipinski definition) is 2. The summed E-state index contributed by atoms with van der Waals surface area (Å²) in [5, 5.41) is 1.76. The summed E-state index contributed by atoms with van der Waals surface area (Å²) >= 11 is 2.01. The molecule has 10 heavy (non-hydrogen) atoms. The smallest absolute Gasteiger partial charge is 0.0916 e. The molecule has 0 aromatic heterocycles. The predicted octanol–water partition coefficient (Wildman–Crippen LogP) is 0.499. The lowest BCUT2D eigenvalue weighted by Crippen LogP contribution is -2.27.